The van der Waals surface area contributed by atoms with Gasteiger partial charge in [0.1, 0.15) is 5.75 Å². The van der Waals surface area contributed by atoms with Crippen molar-refractivity contribution in [1.29, 1.82) is 0 Å². The predicted molar refractivity (Wildman–Crippen MR) is 130 cm³/mol. The summed E-state index contributed by atoms with van der Waals surface area (Å²) >= 11 is 0. The molecule has 0 saturated carbocycles. The molecule has 2 aliphatic heterocycles. The fourth-order valence-electron chi connectivity index (χ4n) is 4.26. The van der Waals surface area contributed by atoms with E-state index in [0.29, 0.717) is 36.6 Å². The minimum atomic E-state index is -3.76. The van der Waals surface area contributed by atoms with Crippen molar-refractivity contribution in [2.24, 2.45) is 5.92 Å². The van der Waals surface area contributed by atoms with E-state index in [9.17, 15) is 18.0 Å². The first kappa shape index (κ1) is 24.2. The second-order valence-electron chi connectivity index (χ2n) is 9.11. The summed E-state index contributed by atoms with van der Waals surface area (Å²) in [6.45, 7) is 6.59. The number of fused-ring (bicyclic) bond motifs is 1. The number of anilines is 2. The maximum Gasteiger partial charge on any atom is 0.265 e. The number of nitrogens with zero attached hydrogens (tertiary/aromatic N) is 1. The van der Waals surface area contributed by atoms with Gasteiger partial charge < -0.3 is 15.4 Å². The molecule has 8 nitrogen and oxygen atoms in total. The first-order chi connectivity index (χ1) is 16.2. The monoisotopic (exact) mass is 485 g/mol. The third-order valence-corrected chi connectivity index (χ3v) is 8.34. The Morgan fingerprint density at radius 2 is 1.82 bits per heavy atom. The van der Waals surface area contributed by atoms with Gasteiger partial charge in [-0.2, -0.15) is 4.31 Å². The number of sulfonamides is 1. The van der Waals surface area contributed by atoms with Crippen LogP contribution >= 0.6 is 0 Å². The van der Waals surface area contributed by atoms with Gasteiger partial charge in [-0.05, 0) is 61.1 Å². The van der Waals surface area contributed by atoms with E-state index in [1.54, 1.807) is 6.07 Å². The van der Waals surface area contributed by atoms with E-state index >= 15 is 0 Å². The molecule has 1 atom stereocenters. The summed E-state index contributed by atoms with van der Waals surface area (Å²) in [6, 6.07) is 12.3. The Labute approximate surface area is 200 Å². The molecule has 0 bridgehead atoms. The largest absolute Gasteiger partial charge is 0.478 e. The number of carbonyl (C=O) groups excluding carboxylic acids is 2. The number of hydrogen-bond acceptors (Lipinski definition) is 5. The van der Waals surface area contributed by atoms with Crippen molar-refractivity contribution in [3.05, 3.63) is 48.0 Å². The van der Waals surface area contributed by atoms with E-state index in [1.165, 1.54) is 22.0 Å². The normalized spacial score (nSPS) is 19.3. The Hall–Kier alpha value is -2.91. The molecule has 2 N–H and O–H groups in total. The fraction of sp³-hybridized carbons (Fsp3) is 0.440. The van der Waals surface area contributed by atoms with Crippen molar-refractivity contribution >= 4 is 33.2 Å². The lowest BCUT2D eigenvalue weighted by Gasteiger charge is -2.31. The molecule has 9 heteroatoms. The van der Waals surface area contributed by atoms with Crippen molar-refractivity contribution < 1.29 is 22.7 Å². The van der Waals surface area contributed by atoms with Crippen LogP contribution in [0.15, 0.2) is 47.4 Å². The van der Waals surface area contributed by atoms with Gasteiger partial charge in [-0.1, -0.05) is 32.9 Å². The van der Waals surface area contributed by atoms with E-state index in [-0.39, 0.29) is 35.7 Å². The molecule has 0 radical (unpaired) electrons. The molecule has 182 valence electrons. The highest BCUT2D eigenvalue weighted by atomic mass is 32.2. The maximum atomic E-state index is 13.2. The Bertz CT molecular complexity index is 1170. The van der Waals surface area contributed by atoms with Gasteiger partial charge >= 0.3 is 0 Å². The van der Waals surface area contributed by atoms with E-state index in [1.807, 2.05) is 31.2 Å². The molecule has 1 fully saturated rings. The van der Waals surface area contributed by atoms with Crippen LogP contribution in [-0.4, -0.2) is 43.7 Å². The topological polar surface area (TPSA) is 105 Å². The Morgan fingerprint density at radius 1 is 1.15 bits per heavy atom. The van der Waals surface area contributed by atoms with Crippen LogP contribution in [0, 0.1) is 5.92 Å². The van der Waals surface area contributed by atoms with Crippen LogP contribution in [0.5, 0.6) is 5.75 Å². The Morgan fingerprint density at radius 3 is 2.44 bits per heavy atom. The number of ether oxygens (including phenoxy) is 1. The first-order valence-corrected chi connectivity index (χ1v) is 13.2. The van der Waals surface area contributed by atoms with E-state index < -0.39 is 16.1 Å². The van der Waals surface area contributed by atoms with Crippen molar-refractivity contribution in [3.8, 4) is 5.75 Å². The third kappa shape index (κ3) is 4.95. The molecule has 2 aromatic carbocycles. The number of piperidine rings is 1. The zero-order chi connectivity index (χ0) is 24.5. The lowest BCUT2D eigenvalue weighted by atomic mass is 9.97. The van der Waals surface area contributed by atoms with Gasteiger partial charge in [0, 0.05) is 24.7 Å². The number of hydrogen-bond donors (Lipinski definition) is 2. The lowest BCUT2D eigenvalue weighted by Crippen LogP contribution is -2.41. The molecule has 4 rings (SSSR count). The second kappa shape index (κ2) is 9.76. The molecular formula is C25H31N3O5S. The van der Waals surface area contributed by atoms with Crippen LogP contribution in [0.2, 0.25) is 0 Å². The molecule has 0 spiro atoms. The minimum Gasteiger partial charge on any atom is -0.478 e. The summed E-state index contributed by atoms with van der Waals surface area (Å²) in [7, 11) is -3.76. The number of rotatable bonds is 6. The summed E-state index contributed by atoms with van der Waals surface area (Å²) in [5.41, 5.74) is 2.30. The Kier molecular flexibility index (Phi) is 6.95. The number of carbonyl (C=O) groups is 2. The number of nitrogens with one attached hydrogen (secondary N) is 2. The van der Waals surface area contributed by atoms with Gasteiger partial charge in [0.2, 0.25) is 15.9 Å². The van der Waals surface area contributed by atoms with Gasteiger partial charge in [-0.15, -0.1) is 0 Å². The summed E-state index contributed by atoms with van der Waals surface area (Å²) in [5.74, 6) is 0.257. The molecular weight excluding hydrogens is 454 g/mol. The van der Waals surface area contributed by atoms with Crippen LogP contribution < -0.4 is 15.4 Å². The zero-order valence-electron chi connectivity index (χ0n) is 19.7. The highest BCUT2D eigenvalue weighted by Gasteiger charge is 2.34. The summed E-state index contributed by atoms with van der Waals surface area (Å²) in [4.78, 5) is 24.9. The van der Waals surface area contributed by atoms with Crippen LogP contribution in [0.25, 0.3) is 0 Å². The molecule has 2 aliphatic rings. The maximum absolute atomic E-state index is 13.2. The lowest BCUT2D eigenvalue weighted by molar-refractivity contribution is -0.123. The van der Waals surface area contributed by atoms with Gasteiger partial charge in [-0.3, -0.25) is 9.59 Å². The number of benzene rings is 2. The average Bonchev–Trinajstić information content (AvgIpc) is 2.83. The van der Waals surface area contributed by atoms with Crippen LogP contribution in [0.4, 0.5) is 11.4 Å². The standard InChI is InChI=1S/C25H31N3O5S/c1-4-22-25(30)27-21-15-20(9-10-23(21)33-22)34(31,32)28-13-11-18(12-14-28)24(29)26-19-7-5-17(6-8-19)16(2)3/h5-10,15-16,18,22H,4,11-14H2,1-3H3,(H,26,29)(H,27,30). The fourth-order valence-corrected chi connectivity index (χ4v) is 5.76. The van der Waals surface area contributed by atoms with Crippen LogP contribution in [0.1, 0.15) is 51.5 Å². The zero-order valence-corrected chi connectivity index (χ0v) is 20.5. The molecule has 2 amide bonds. The summed E-state index contributed by atoms with van der Waals surface area (Å²) in [6.07, 6.45) is 0.834. The average molecular weight is 486 g/mol. The molecule has 0 aliphatic carbocycles. The number of amides is 2. The van der Waals surface area contributed by atoms with Crippen molar-refractivity contribution in [2.45, 2.75) is 57.0 Å². The second-order valence-corrected chi connectivity index (χ2v) is 11.0. The molecule has 0 aromatic heterocycles. The smallest absolute Gasteiger partial charge is 0.265 e. The van der Waals surface area contributed by atoms with Gasteiger partial charge in [0.15, 0.2) is 6.10 Å². The molecule has 34 heavy (non-hydrogen) atoms. The first-order valence-electron chi connectivity index (χ1n) is 11.7. The van der Waals surface area contributed by atoms with Gasteiger partial charge in [-0.25, -0.2) is 8.42 Å². The van der Waals surface area contributed by atoms with E-state index in [0.717, 1.165) is 5.69 Å². The molecule has 1 unspecified atom stereocenters. The summed E-state index contributed by atoms with van der Waals surface area (Å²) in [5, 5.41) is 5.68. The SMILES string of the molecule is CCC1Oc2ccc(S(=O)(=O)N3CCC(C(=O)Nc4ccc(C(C)C)cc4)CC3)cc2NC1=O. The quantitative estimate of drug-likeness (QED) is 0.644. The third-order valence-electron chi connectivity index (χ3n) is 6.45. The van der Waals surface area contributed by atoms with Crippen molar-refractivity contribution in [3.63, 3.8) is 0 Å². The van der Waals surface area contributed by atoms with Crippen LogP contribution in [-0.2, 0) is 19.6 Å². The highest BCUT2D eigenvalue weighted by molar-refractivity contribution is 7.89. The van der Waals surface area contributed by atoms with Crippen molar-refractivity contribution in [2.75, 3.05) is 23.7 Å². The van der Waals surface area contributed by atoms with E-state index in [4.69, 9.17) is 4.74 Å². The molecule has 2 aromatic rings. The van der Waals surface area contributed by atoms with Crippen LogP contribution in [0.3, 0.4) is 0 Å². The van der Waals surface area contributed by atoms with Gasteiger partial charge in [0.25, 0.3) is 5.91 Å². The van der Waals surface area contributed by atoms with Gasteiger partial charge in [0.05, 0.1) is 10.6 Å². The molecule has 2 heterocycles. The minimum absolute atomic E-state index is 0.0894. The molecule has 1 saturated heterocycles. The summed E-state index contributed by atoms with van der Waals surface area (Å²) < 4.78 is 33.5. The predicted octanol–water partition coefficient (Wildman–Crippen LogP) is 3.96. The highest BCUT2D eigenvalue weighted by Crippen LogP contribution is 2.34. The van der Waals surface area contributed by atoms with E-state index in [2.05, 4.69) is 24.5 Å². The van der Waals surface area contributed by atoms with Crippen molar-refractivity contribution in [1.82, 2.24) is 4.31 Å². The Balaban J connectivity index is 1.38.